The fourth-order valence-electron chi connectivity index (χ4n) is 1.77. The number of anilines is 1. The van der Waals surface area contributed by atoms with Crippen LogP contribution in [0.5, 0.6) is 5.75 Å². The summed E-state index contributed by atoms with van der Waals surface area (Å²) in [5.74, 6) is 0.347. The average Bonchev–Trinajstić information content (AvgIpc) is 2.46. The second-order valence-corrected chi connectivity index (χ2v) is 3.41. The maximum Gasteiger partial charge on any atom is 0.116 e. The molecule has 0 radical (unpaired) electrons. The van der Waals surface area contributed by atoms with E-state index in [1.165, 1.54) is 5.56 Å². The molecule has 1 aromatic rings. The van der Waals surface area contributed by atoms with Crippen molar-refractivity contribution in [3.05, 3.63) is 36.4 Å². The molecule has 1 heterocycles. The van der Waals surface area contributed by atoms with Crippen molar-refractivity contribution in [3.63, 3.8) is 0 Å². The van der Waals surface area contributed by atoms with E-state index < -0.39 is 0 Å². The number of aromatic hydroxyl groups is 1. The molecule has 0 fully saturated rings. The van der Waals surface area contributed by atoms with Crippen molar-refractivity contribution in [2.24, 2.45) is 0 Å². The summed E-state index contributed by atoms with van der Waals surface area (Å²) in [5, 5.41) is 12.6. The van der Waals surface area contributed by atoms with Crippen molar-refractivity contribution in [3.8, 4) is 5.75 Å². The zero-order valence-corrected chi connectivity index (χ0v) is 7.46. The zero-order valence-electron chi connectivity index (χ0n) is 7.46. The molecule has 2 rings (SSSR count). The summed E-state index contributed by atoms with van der Waals surface area (Å²) < 4.78 is 0. The van der Waals surface area contributed by atoms with Crippen LogP contribution in [0.1, 0.15) is 12.0 Å². The van der Waals surface area contributed by atoms with Crippen molar-refractivity contribution in [1.82, 2.24) is 0 Å². The lowest BCUT2D eigenvalue weighted by atomic mass is 10.1. The van der Waals surface area contributed by atoms with Gasteiger partial charge in [0.25, 0.3) is 0 Å². The Morgan fingerprint density at radius 3 is 3.23 bits per heavy atom. The van der Waals surface area contributed by atoms with Crippen LogP contribution in [0.3, 0.4) is 0 Å². The molecule has 2 nitrogen and oxygen atoms in total. The molecule has 1 aliphatic heterocycles. The zero-order chi connectivity index (χ0) is 9.26. The van der Waals surface area contributed by atoms with E-state index in [2.05, 4.69) is 11.9 Å². The summed E-state index contributed by atoms with van der Waals surface area (Å²) >= 11 is 0. The Morgan fingerprint density at radius 1 is 1.62 bits per heavy atom. The van der Waals surface area contributed by atoms with Gasteiger partial charge in [-0.25, -0.2) is 0 Å². The number of phenolic OH excluding ortho intramolecular Hbond substituents is 1. The quantitative estimate of drug-likeness (QED) is 0.534. The smallest absolute Gasteiger partial charge is 0.116 e. The first kappa shape index (κ1) is 8.17. The van der Waals surface area contributed by atoms with Gasteiger partial charge in [-0.15, -0.1) is 6.58 Å². The van der Waals surface area contributed by atoms with Gasteiger partial charge in [0.2, 0.25) is 0 Å². The van der Waals surface area contributed by atoms with Crippen LogP contribution in [0, 0.1) is 0 Å². The minimum absolute atomic E-state index is 0.347. The predicted molar refractivity (Wildman–Crippen MR) is 54.0 cm³/mol. The number of phenols is 1. The molecule has 0 aromatic heterocycles. The lowest BCUT2D eigenvalue weighted by Gasteiger charge is -2.06. The second-order valence-electron chi connectivity index (χ2n) is 3.41. The molecule has 2 heteroatoms. The molecular formula is C11H13NO. The Labute approximate surface area is 77.9 Å². The van der Waals surface area contributed by atoms with Gasteiger partial charge >= 0.3 is 0 Å². The van der Waals surface area contributed by atoms with E-state index in [1.807, 2.05) is 18.2 Å². The van der Waals surface area contributed by atoms with Gasteiger partial charge in [-0.3, -0.25) is 0 Å². The second kappa shape index (κ2) is 3.13. The highest BCUT2D eigenvalue weighted by Crippen LogP contribution is 2.29. The van der Waals surface area contributed by atoms with Crippen LogP contribution in [0.15, 0.2) is 30.9 Å². The van der Waals surface area contributed by atoms with E-state index in [9.17, 15) is 5.11 Å². The average molecular weight is 175 g/mol. The SMILES string of the molecule is C=CCC1Cc2cc(O)ccc2N1. The molecule has 1 atom stereocenters. The number of nitrogens with one attached hydrogen (secondary N) is 1. The van der Waals surface area contributed by atoms with Gasteiger partial charge in [0.1, 0.15) is 5.75 Å². The maximum absolute atomic E-state index is 9.26. The fraction of sp³-hybridized carbons (Fsp3) is 0.273. The molecule has 0 amide bonds. The minimum Gasteiger partial charge on any atom is -0.508 e. The number of hydrogen-bond donors (Lipinski definition) is 2. The highest BCUT2D eigenvalue weighted by atomic mass is 16.3. The largest absolute Gasteiger partial charge is 0.508 e. The Morgan fingerprint density at radius 2 is 2.46 bits per heavy atom. The van der Waals surface area contributed by atoms with Gasteiger partial charge < -0.3 is 10.4 Å². The summed E-state index contributed by atoms with van der Waals surface area (Å²) in [7, 11) is 0. The van der Waals surface area contributed by atoms with Crippen LogP contribution in [0.25, 0.3) is 0 Å². The van der Waals surface area contributed by atoms with Crippen LogP contribution in [0.2, 0.25) is 0 Å². The minimum atomic E-state index is 0.347. The van der Waals surface area contributed by atoms with Crippen molar-refractivity contribution in [1.29, 1.82) is 0 Å². The number of rotatable bonds is 2. The Hall–Kier alpha value is -1.44. The van der Waals surface area contributed by atoms with E-state index >= 15 is 0 Å². The van der Waals surface area contributed by atoms with Crippen LogP contribution in [0.4, 0.5) is 5.69 Å². The van der Waals surface area contributed by atoms with E-state index in [4.69, 9.17) is 0 Å². The summed E-state index contributed by atoms with van der Waals surface area (Å²) in [4.78, 5) is 0. The van der Waals surface area contributed by atoms with E-state index in [-0.39, 0.29) is 0 Å². The molecule has 0 aliphatic carbocycles. The topological polar surface area (TPSA) is 32.3 Å². The molecule has 0 saturated carbocycles. The molecule has 1 aromatic carbocycles. The third-order valence-electron chi connectivity index (χ3n) is 2.37. The number of hydrogen-bond acceptors (Lipinski definition) is 2. The number of benzene rings is 1. The molecule has 0 bridgehead atoms. The maximum atomic E-state index is 9.26. The molecule has 0 spiro atoms. The first-order valence-corrected chi connectivity index (χ1v) is 4.49. The van der Waals surface area contributed by atoms with Crippen LogP contribution >= 0.6 is 0 Å². The van der Waals surface area contributed by atoms with Crippen molar-refractivity contribution >= 4 is 5.69 Å². The first-order valence-electron chi connectivity index (χ1n) is 4.49. The monoisotopic (exact) mass is 175 g/mol. The van der Waals surface area contributed by atoms with Gasteiger partial charge in [-0.2, -0.15) is 0 Å². The number of fused-ring (bicyclic) bond motifs is 1. The van der Waals surface area contributed by atoms with Crippen molar-refractivity contribution in [2.75, 3.05) is 5.32 Å². The molecule has 1 unspecified atom stereocenters. The van der Waals surface area contributed by atoms with Gasteiger partial charge in [0.15, 0.2) is 0 Å². The van der Waals surface area contributed by atoms with E-state index in [0.717, 1.165) is 18.5 Å². The van der Waals surface area contributed by atoms with Crippen molar-refractivity contribution in [2.45, 2.75) is 18.9 Å². The van der Waals surface area contributed by atoms with E-state index in [1.54, 1.807) is 6.07 Å². The molecule has 0 saturated heterocycles. The molecule has 13 heavy (non-hydrogen) atoms. The highest BCUT2D eigenvalue weighted by molar-refractivity contribution is 5.59. The fourth-order valence-corrected chi connectivity index (χ4v) is 1.77. The van der Waals surface area contributed by atoms with Crippen LogP contribution < -0.4 is 5.32 Å². The normalized spacial score (nSPS) is 19.2. The van der Waals surface area contributed by atoms with Crippen molar-refractivity contribution < 1.29 is 5.11 Å². The standard InChI is InChI=1S/C11H13NO/c1-2-3-9-6-8-7-10(13)4-5-11(8)12-9/h2,4-5,7,9,12-13H,1,3,6H2. The summed E-state index contributed by atoms with van der Waals surface area (Å²) in [6.45, 7) is 3.72. The summed E-state index contributed by atoms with van der Waals surface area (Å²) in [5.41, 5.74) is 2.34. The highest BCUT2D eigenvalue weighted by Gasteiger charge is 2.18. The molecular weight excluding hydrogens is 162 g/mol. The van der Waals surface area contributed by atoms with E-state index in [0.29, 0.717) is 11.8 Å². The lowest BCUT2D eigenvalue weighted by Crippen LogP contribution is -2.13. The molecule has 2 N–H and O–H groups in total. The van der Waals surface area contributed by atoms with Crippen LogP contribution in [-0.4, -0.2) is 11.1 Å². The van der Waals surface area contributed by atoms with Gasteiger partial charge in [-0.1, -0.05) is 6.08 Å². The predicted octanol–water partition coefficient (Wildman–Crippen LogP) is 2.30. The summed E-state index contributed by atoms with van der Waals surface area (Å²) in [6, 6.07) is 5.91. The van der Waals surface area contributed by atoms with Gasteiger partial charge in [0, 0.05) is 11.7 Å². The van der Waals surface area contributed by atoms with Gasteiger partial charge in [-0.05, 0) is 36.6 Å². The molecule has 68 valence electrons. The van der Waals surface area contributed by atoms with Gasteiger partial charge in [0.05, 0.1) is 0 Å². The Bertz CT molecular complexity index is 333. The third-order valence-corrected chi connectivity index (χ3v) is 2.37. The first-order chi connectivity index (χ1) is 6.29. The third kappa shape index (κ3) is 1.52. The van der Waals surface area contributed by atoms with Crippen LogP contribution in [-0.2, 0) is 6.42 Å². The Kier molecular flexibility index (Phi) is 1.97. The molecule has 1 aliphatic rings. The lowest BCUT2D eigenvalue weighted by molar-refractivity contribution is 0.475. The summed E-state index contributed by atoms with van der Waals surface area (Å²) in [6.07, 6.45) is 3.87. The Balaban J connectivity index is 2.20.